The molecule has 0 aliphatic heterocycles. The molecule has 5 nitrogen and oxygen atoms in total. The molecule has 0 aliphatic carbocycles. The van der Waals surface area contributed by atoms with Crippen LogP contribution in [0.3, 0.4) is 0 Å². The van der Waals surface area contributed by atoms with Gasteiger partial charge in [-0.15, -0.1) is 0 Å². The van der Waals surface area contributed by atoms with E-state index in [1.807, 2.05) is 0 Å². The fourth-order valence-electron chi connectivity index (χ4n) is 0.169. The van der Waals surface area contributed by atoms with Gasteiger partial charge in [-0.3, -0.25) is 4.79 Å². The molecule has 0 unspecified atom stereocenters. The normalized spacial score (nSPS) is 8.11. The van der Waals surface area contributed by atoms with E-state index in [0.29, 0.717) is 0 Å². The first kappa shape index (κ1) is 7.77. The molecule has 50 valence electrons. The first-order valence-electron chi connectivity index (χ1n) is 2.01. The Hall–Kier alpha value is -1.23. The van der Waals surface area contributed by atoms with E-state index in [2.05, 4.69) is 4.74 Å². The number of aliphatic hydroxyl groups excluding tert-OH is 1. The maximum atomic E-state index is 9.93. The molecule has 9 heavy (non-hydrogen) atoms. The van der Waals surface area contributed by atoms with E-state index < -0.39 is 18.5 Å². The van der Waals surface area contributed by atoms with E-state index in [-0.39, 0.29) is 6.29 Å². The van der Waals surface area contributed by atoms with Gasteiger partial charge < -0.3 is 9.84 Å². The summed E-state index contributed by atoms with van der Waals surface area (Å²) in [7, 11) is 0. The molecule has 0 atom stereocenters. The molecule has 5 heteroatoms. The van der Waals surface area contributed by atoms with Crippen molar-refractivity contribution in [3.05, 3.63) is 0 Å². The minimum atomic E-state index is -1.30. The Morgan fingerprint density at radius 3 is 2.44 bits per heavy atom. The molecule has 0 spiro atoms. The number of aliphatic hydroxyl groups is 1. The van der Waals surface area contributed by atoms with E-state index in [4.69, 9.17) is 5.11 Å². The van der Waals surface area contributed by atoms with Crippen molar-refractivity contribution in [1.82, 2.24) is 0 Å². The Bertz CT molecular complexity index is 138. The lowest BCUT2D eigenvalue weighted by molar-refractivity contribution is -0.163. The lowest BCUT2D eigenvalue weighted by Crippen LogP contribution is -2.15. The lowest BCUT2D eigenvalue weighted by atomic mass is 10.7. The molecular formula is C4H4O5. The number of hydrogen-bond acceptors (Lipinski definition) is 5. The fourth-order valence-corrected chi connectivity index (χ4v) is 0.169. The Morgan fingerprint density at radius 1 is 1.56 bits per heavy atom. The predicted molar refractivity (Wildman–Crippen MR) is 24.2 cm³/mol. The molecule has 0 radical (unpaired) electrons. The fraction of sp³-hybridized carbons (Fsp3) is 0.250. The first-order chi connectivity index (χ1) is 4.20. The van der Waals surface area contributed by atoms with Gasteiger partial charge in [0.1, 0.15) is 6.61 Å². The maximum absolute atomic E-state index is 9.93. The molecule has 1 N–H and O–H groups in total. The molecule has 0 bridgehead atoms. The van der Waals surface area contributed by atoms with E-state index in [1.54, 1.807) is 0 Å². The summed E-state index contributed by atoms with van der Waals surface area (Å²) in [5.74, 6) is -2.43. The molecule has 0 heterocycles. The van der Waals surface area contributed by atoms with Gasteiger partial charge in [0, 0.05) is 0 Å². The second-order valence-corrected chi connectivity index (χ2v) is 1.07. The number of ether oxygens (including phenoxy) is 1. The molecule has 0 aromatic heterocycles. The number of hydrogen-bond donors (Lipinski definition) is 1. The first-order valence-corrected chi connectivity index (χ1v) is 2.01. The Balaban J connectivity index is 3.59. The Morgan fingerprint density at radius 2 is 2.11 bits per heavy atom. The van der Waals surface area contributed by atoms with Crippen molar-refractivity contribution in [3.8, 4) is 0 Å². The number of carbonyl (C=O) groups excluding carboxylic acids is 3. The zero-order valence-electron chi connectivity index (χ0n) is 4.36. The molecule has 0 saturated heterocycles. The molecule has 0 rings (SSSR count). The summed E-state index contributed by atoms with van der Waals surface area (Å²) in [6.45, 7) is -0.903. The highest BCUT2D eigenvalue weighted by Crippen LogP contribution is 1.74. The van der Waals surface area contributed by atoms with Crippen LogP contribution >= 0.6 is 0 Å². The van der Waals surface area contributed by atoms with Crippen molar-refractivity contribution in [2.45, 2.75) is 0 Å². The van der Waals surface area contributed by atoms with Gasteiger partial charge in [-0.25, -0.2) is 9.59 Å². The third kappa shape index (κ3) is 3.36. The molecule has 0 amide bonds. The van der Waals surface area contributed by atoms with Gasteiger partial charge in [0.05, 0.1) is 0 Å². The van der Waals surface area contributed by atoms with Gasteiger partial charge >= 0.3 is 11.9 Å². The predicted octanol–water partition coefficient (Wildman–Crippen LogP) is -1.75. The molecule has 0 aromatic rings. The molecule has 0 aromatic carbocycles. The molecular weight excluding hydrogens is 128 g/mol. The van der Waals surface area contributed by atoms with E-state index >= 15 is 0 Å². The average Bonchev–Trinajstić information content (AvgIpc) is 1.87. The second kappa shape index (κ2) is 3.73. The van der Waals surface area contributed by atoms with Crippen LogP contribution < -0.4 is 0 Å². The average molecular weight is 132 g/mol. The summed E-state index contributed by atoms with van der Waals surface area (Å²) in [4.78, 5) is 29.2. The van der Waals surface area contributed by atoms with Crippen molar-refractivity contribution in [1.29, 1.82) is 0 Å². The minimum absolute atomic E-state index is 0.159. The van der Waals surface area contributed by atoms with Crippen LogP contribution in [0.2, 0.25) is 0 Å². The third-order valence-corrected chi connectivity index (χ3v) is 0.440. The number of esters is 2. The monoisotopic (exact) mass is 132 g/mol. The minimum Gasteiger partial charge on any atom is -0.386 e. The van der Waals surface area contributed by atoms with Crippen molar-refractivity contribution >= 4 is 18.2 Å². The third-order valence-electron chi connectivity index (χ3n) is 0.440. The standard InChI is InChI=1S/C4H4O5/c5-1-3(7)9-4(8)2-6/h1,6H,2H2. The van der Waals surface area contributed by atoms with Crippen LogP contribution in [0.4, 0.5) is 0 Å². The van der Waals surface area contributed by atoms with Crippen LogP contribution in [0.1, 0.15) is 0 Å². The highest BCUT2D eigenvalue weighted by molar-refractivity contribution is 6.22. The van der Waals surface area contributed by atoms with Gasteiger partial charge in [0.15, 0.2) is 0 Å². The van der Waals surface area contributed by atoms with Crippen LogP contribution in [-0.2, 0) is 19.1 Å². The zero-order chi connectivity index (χ0) is 7.28. The van der Waals surface area contributed by atoms with E-state index in [0.717, 1.165) is 0 Å². The topological polar surface area (TPSA) is 80.7 Å². The second-order valence-electron chi connectivity index (χ2n) is 1.07. The number of rotatable bonds is 2. The number of carbonyl (C=O) groups is 3. The molecule has 0 aliphatic rings. The molecule has 0 saturated carbocycles. The quantitative estimate of drug-likeness (QED) is 0.208. The van der Waals surface area contributed by atoms with Crippen molar-refractivity contribution in [3.63, 3.8) is 0 Å². The zero-order valence-corrected chi connectivity index (χ0v) is 4.36. The SMILES string of the molecule is O=CC(=O)OC(=O)CO. The van der Waals surface area contributed by atoms with Gasteiger partial charge in [-0.1, -0.05) is 0 Å². The summed E-state index contributed by atoms with van der Waals surface area (Å²) < 4.78 is 3.65. The Labute approximate surface area is 50.2 Å². The van der Waals surface area contributed by atoms with Crippen LogP contribution in [-0.4, -0.2) is 29.9 Å². The van der Waals surface area contributed by atoms with Gasteiger partial charge in [-0.2, -0.15) is 0 Å². The smallest absolute Gasteiger partial charge is 0.379 e. The summed E-state index contributed by atoms with van der Waals surface area (Å²) in [5.41, 5.74) is 0. The maximum Gasteiger partial charge on any atom is 0.379 e. The van der Waals surface area contributed by atoms with Crippen molar-refractivity contribution < 1.29 is 24.2 Å². The van der Waals surface area contributed by atoms with Gasteiger partial charge in [-0.05, 0) is 0 Å². The summed E-state index contributed by atoms with van der Waals surface area (Å²) in [6.07, 6.45) is -0.159. The van der Waals surface area contributed by atoms with Gasteiger partial charge in [0.25, 0.3) is 0 Å². The highest BCUT2D eigenvalue weighted by atomic mass is 16.6. The summed E-state index contributed by atoms with van der Waals surface area (Å²) >= 11 is 0. The van der Waals surface area contributed by atoms with E-state index in [1.165, 1.54) is 0 Å². The Kier molecular flexibility index (Phi) is 3.22. The highest BCUT2D eigenvalue weighted by Gasteiger charge is 2.05. The van der Waals surface area contributed by atoms with Crippen LogP contribution in [0.15, 0.2) is 0 Å². The summed E-state index contributed by atoms with van der Waals surface area (Å²) in [6, 6.07) is 0. The van der Waals surface area contributed by atoms with Crippen molar-refractivity contribution in [2.24, 2.45) is 0 Å². The van der Waals surface area contributed by atoms with Crippen LogP contribution in [0.25, 0.3) is 0 Å². The lowest BCUT2D eigenvalue weighted by Gasteiger charge is -1.90. The number of aldehydes is 1. The van der Waals surface area contributed by atoms with Crippen molar-refractivity contribution in [2.75, 3.05) is 6.61 Å². The summed E-state index contributed by atoms with van der Waals surface area (Å²) in [5, 5.41) is 7.94. The van der Waals surface area contributed by atoms with Crippen LogP contribution in [0, 0.1) is 0 Å². The van der Waals surface area contributed by atoms with E-state index in [9.17, 15) is 14.4 Å². The molecule has 0 fully saturated rings. The van der Waals surface area contributed by atoms with Gasteiger partial charge in [0.2, 0.25) is 6.29 Å². The largest absolute Gasteiger partial charge is 0.386 e. The van der Waals surface area contributed by atoms with Crippen LogP contribution in [0.5, 0.6) is 0 Å².